The molecular formula is C9H8Cl2N2O3. The van der Waals surface area contributed by atoms with E-state index in [4.69, 9.17) is 23.2 Å². The molecule has 0 atom stereocenters. The average Bonchev–Trinajstić information content (AvgIpc) is 2.26. The fraction of sp³-hybridized carbons (Fsp3) is 0.222. The van der Waals surface area contributed by atoms with Gasteiger partial charge in [0.15, 0.2) is 0 Å². The van der Waals surface area contributed by atoms with Gasteiger partial charge in [0.05, 0.1) is 15.6 Å². The lowest BCUT2D eigenvalue weighted by Crippen LogP contribution is -2.27. The highest BCUT2D eigenvalue weighted by Gasteiger charge is 2.15. The van der Waals surface area contributed by atoms with Crippen LogP contribution in [0.2, 0.25) is 5.02 Å². The number of hydrogen-bond acceptors (Lipinski definition) is 3. The molecule has 0 aliphatic carbocycles. The first-order valence-electron chi connectivity index (χ1n) is 4.24. The standard InChI is InChI=1S/C9H8Cl2N2O3/c1-12(9(14)5-10)8-3-2-6(13(15)16)4-7(8)11/h2-4H,5H2,1H3. The van der Waals surface area contributed by atoms with Crippen molar-refractivity contribution in [2.75, 3.05) is 17.8 Å². The van der Waals surface area contributed by atoms with Gasteiger partial charge < -0.3 is 4.90 Å². The summed E-state index contributed by atoms with van der Waals surface area (Å²) in [6.07, 6.45) is 0. The van der Waals surface area contributed by atoms with E-state index in [2.05, 4.69) is 0 Å². The van der Waals surface area contributed by atoms with Gasteiger partial charge in [-0.2, -0.15) is 0 Å². The Balaban J connectivity index is 3.08. The monoisotopic (exact) mass is 262 g/mol. The summed E-state index contributed by atoms with van der Waals surface area (Å²) in [6.45, 7) is 0. The van der Waals surface area contributed by atoms with Crippen LogP contribution in [0.4, 0.5) is 11.4 Å². The van der Waals surface area contributed by atoms with Crippen molar-refractivity contribution in [3.8, 4) is 0 Å². The summed E-state index contributed by atoms with van der Waals surface area (Å²) in [6, 6.07) is 3.87. The Morgan fingerprint density at radius 2 is 2.19 bits per heavy atom. The molecule has 0 spiro atoms. The van der Waals surface area contributed by atoms with E-state index >= 15 is 0 Å². The first kappa shape index (κ1) is 12.7. The molecule has 0 bridgehead atoms. The number of alkyl halides is 1. The van der Waals surface area contributed by atoms with E-state index in [0.717, 1.165) is 0 Å². The van der Waals surface area contributed by atoms with Gasteiger partial charge in [0.2, 0.25) is 5.91 Å². The molecule has 0 aromatic heterocycles. The molecule has 0 aliphatic heterocycles. The number of anilines is 1. The summed E-state index contributed by atoms with van der Waals surface area (Å²) in [4.78, 5) is 22.4. The third-order valence-electron chi connectivity index (χ3n) is 1.99. The number of non-ortho nitro benzene ring substituents is 1. The van der Waals surface area contributed by atoms with Crippen molar-refractivity contribution in [3.63, 3.8) is 0 Å². The quantitative estimate of drug-likeness (QED) is 0.478. The van der Waals surface area contributed by atoms with Gasteiger partial charge in [-0.15, -0.1) is 11.6 Å². The number of benzene rings is 1. The van der Waals surface area contributed by atoms with E-state index in [0.29, 0.717) is 5.69 Å². The second-order valence-corrected chi connectivity index (χ2v) is 3.65. The number of amides is 1. The molecule has 0 heterocycles. The first-order valence-corrected chi connectivity index (χ1v) is 5.15. The van der Waals surface area contributed by atoms with Crippen LogP contribution in [0.3, 0.4) is 0 Å². The maximum Gasteiger partial charge on any atom is 0.271 e. The van der Waals surface area contributed by atoms with Crippen LogP contribution in [-0.4, -0.2) is 23.8 Å². The van der Waals surface area contributed by atoms with Gasteiger partial charge in [0.25, 0.3) is 5.69 Å². The maximum atomic E-state index is 11.3. The highest BCUT2D eigenvalue weighted by molar-refractivity contribution is 6.35. The predicted octanol–water partition coefficient (Wildman–Crippen LogP) is 2.45. The van der Waals surface area contributed by atoms with Gasteiger partial charge in [-0.25, -0.2) is 0 Å². The van der Waals surface area contributed by atoms with Crippen molar-refractivity contribution in [2.24, 2.45) is 0 Å². The van der Waals surface area contributed by atoms with E-state index in [9.17, 15) is 14.9 Å². The molecule has 7 heteroatoms. The second-order valence-electron chi connectivity index (χ2n) is 2.98. The van der Waals surface area contributed by atoms with Crippen LogP contribution in [-0.2, 0) is 4.79 Å². The minimum absolute atomic E-state index is 0.125. The Kier molecular flexibility index (Phi) is 4.09. The van der Waals surface area contributed by atoms with Crippen molar-refractivity contribution in [1.82, 2.24) is 0 Å². The van der Waals surface area contributed by atoms with E-state index in [1.54, 1.807) is 0 Å². The predicted molar refractivity (Wildman–Crippen MR) is 62.2 cm³/mol. The van der Waals surface area contributed by atoms with Crippen LogP contribution >= 0.6 is 23.2 Å². The lowest BCUT2D eigenvalue weighted by atomic mass is 10.2. The summed E-state index contributed by atoms with van der Waals surface area (Å²) < 4.78 is 0. The van der Waals surface area contributed by atoms with Crippen LogP contribution < -0.4 is 4.90 Å². The summed E-state index contributed by atoms with van der Waals surface area (Å²) in [5.74, 6) is -0.512. The summed E-state index contributed by atoms with van der Waals surface area (Å²) >= 11 is 11.2. The molecule has 0 unspecified atom stereocenters. The van der Waals surface area contributed by atoms with Crippen molar-refractivity contribution in [3.05, 3.63) is 33.3 Å². The highest BCUT2D eigenvalue weighted by atomic mass is 35.5. The third kappa shape index (κ3) is 2.62. The van der Waals surface area contributed by atoms with Crippen molar-refractivity contribution >= 4 is 40.5 Å². The zero-order valence-corrected chi connectivity index (χ0v) is 9.83. The van der Waals surface area contributed by atoms with E-state index in [1.807, 2.05) is 0 Å². The fourth-order valence-electron chi connectivity index (χ4n) is 1.11. The lowest BCUT2D eigenvalue weighted by molar-refractivity contribution is -0.384. The molecule has 0 saturated carbocycles. The Morgan fingerprint density at radius 1 is 1.56 bits per heavy atom. The van der Waals surface area contributed by atoms with Gasteiger partial charge in [-0.3, -0.25) is 14.9 Å². The van der Waals surface area contributed by atoms with Gasteiger partial charge in [-0.05, 0) is 6.07 Å². The molecule has 16 heavy (non-hydrogen) atoms. The average molecular weight is 263 g/mol. The molecule has 1 rings (SSSR count). The SMILES string of the molecule is CN(C(=O)CCl)c1ccc([N+](=O)[O-])cc1Cl. The van der Waals surface area contributed by atoms with Crippen molar-refractivity contribution < 1.29 is 9.72 Å². The number of halogens is 2. The molecule has 0 N–H and O–H groups in total. The molecule has 1 amide bonds. The molecule has 1 aromatic rings. The Bertz CT molecular complexity index is 437. The van der Waals surface area contributed by atoms with Crippen molar-refractivity contribution in [2.45, 2.75) is 0 Å². The Hall–Kier alpha value is -1.33. The maximum absolute atomic E-state index is 11.3. The number of nitro benzene ring substituents is 1. The third-order valence-corrected chi connectivity index (χ3v) is 2.52. The molecule has 5 nitrogen and oxygen atoms in total. The molecule has 86 valence electrons. The number of carbonyl (C=O) groups excluding carboxylic acids is 1. The normalized spacial score (nSPS) is 9.94. The highest BCUT2D eigenvalue weighted by Crippen LogP contribution is 2.29. The lowest BCUT2D eigenvalue weighted by Gasteiger charge is -2.16. The number of rotatable bonds is 3. The van der Waals surface area contributed by atoms with E-state index < -0.39 is 4.92 Å². The van der Waals surface area contributed by atoms with E-state index in [1.165, 1.54) is 30.1 Å². The second kappa shape index (κ2) is 5.14. The topological polar surface area (TPSA) is 63.5 Å². The Labute approximate surface area is 102 Å². The summed E-state index contributed by atoms with van der Waals surface area (Å²) in [5.41, 5.74) is 0.262. The first-order chi connectivity index (χ1) is 7.47. The number of nitrogens with zero attached hydrogens (tertiary/aromatic N) is 2. The molecule has 0 radical (unpaired) electrons. The summed E-state index contributed by atoms with van der Waals surface area (Å²) in [7, 11) is 1.50. The molecule has 1 aromatic carbocycles. The summed E-state index contributed by atoms with van der Waals surface area (Å²) in [5, 5.41) is 10.6. The van der Waals surface area contributed by atoms with Gasteiger partial charge in [0, 0.05) is 19.2 Å². The van der Waals surface area contributed by atoms with Gasteiger partial charge >= 0.3 is 0 Å². The number of hydrogen-bond donors (Lipinski definition) is 0. The van der Waals surface area contributed by atoms with Crippen LogP contribution in [0.1, 0.15) is 0 Å². The van der Waals surface area contributed by atoms with Crippen LogP contribution in [0.25, 0.3) is 0 Å². The van der Waals surface area contributed by atoms with E-state index in [-0.39, 0.29) is 22.5 Å². The molecule has 0 fully saturated rings. The van der Waals surface area contributed by atoms with Crippen molar-refractivity contribution in [1.29, 1.82) is 0 Å². The molecular weight excluding hydrogens is 255 g/mol. The smallest absolute Gasteiger partial charge is 0.271 e. The molecule has 0 aliphatic rings. The van der Waals surface area contributed by atoms with Crippen LogP contribution in [0, 0.1) is 10.1 Å². The largest absolute Gasteiger partial charge is 0.313 e. The van der Waals surface area contributed by atoms with Crippen LogP contribution in [0.15, 0.2) is 18.2 Å². The fourth-order valence-corrected chi connectivity index (χ4v) is 1.59. The zero-order valence-electron chi connectivity index (χ0n) is 8.31. The number of carbonyl (C=O) groups is 1. The minimum Gasteiger partial charge on any atom is -0.313 e. The van der Waals surface area contributed by atoms with Gasteiger partial charge in [0.1, 0.15) is 5.88 Å². The minimum atomic E-state index is -0.557. The molecule has 0 saturated heterocycles. The zero-order chi connectivity index (χ0) is 12.3. The number of nitro groups is 1. The van der Waals surface area contributed by atoms with Crippen LogP contribution in [0.5, 0.6) is 0 Å². The van der Waals surface area contributed by atoms with Gasteiger partial charge in [-0.1, -0.05) is 11.6 Å². The Morgan fingerprint density at radius 3 is 2.62 bits per heavy atom.